The number of fused-ring (bicyclic) bond motifs is 1. The summed E-state index contributed by atoms with van der Waals surface area (Å²) in [7, 11) is 0. The number of hydrogen-bond donors (Lipinski definition) is 1. The van der Waals surface area contributed by atoms with Crippen molar-refractivity contribution in [3.63, 3.8) is 0 Å². The van der Waals surface area contributed by atoms with Crippen LogP contribution in [0, 0.1) is 0 Å². The first-order chi connectivity index (χ1) is 13.1. The fraction of sp³-hybridized carbons (Fsp3) is 0.600. The van der Waals surface area contributed by atoms with Gasteiger partial charge in [-0.3, -0.25) is 4.79 Å². The summed E-state index contributed by atoms with van der Waals surface area (Å²) in [5, 5.41) is 16.8. The SMILES string of the molecule is CC(C)n1nc(N2CCCCC2CNc2cc3c(nn2)CCC3)ccc1=O. The predicted molar refractivity (Wildman–Crippen MR) is 106 cm³/mol. The van der Waals surface area contributed by atoms with Gasteiger partial charge >= 0.3 is 0 Å². The summed E-state index contributed by atoms with van der Waals surface area (Å²) in [6.45, 7) is 5.74. The Balaban J connectivity index is 1.49. The van der Waals surface area contributed by atoms with Crippen molar-refractivity contribution in [3.8, 4) is 0 Å². The van der Waals surface area contributed by atoms with Gasteiger partial charge in [0, 0.05) is 25.2 Å². The first kappa shape index (κ1) is 17.9. The predicted octanol–water partition coefficient (Wildman–Crippen LogP) is 2.57. The number of anilines is 2. The fourth-order valence-corrected chi connectivity index (χ4v) is 4.09. The Kier molecular flexibility index (Phi) is 5.09. The third kappa shape index (κ3) is 3.82. The molecule has 0 amide bonds. The van der Waals surface area contributed by atoms with E-state index in [9.17, 15) is 4.79 Å². The van der Waals surface area contributed by atoms with Crippen molar-refractivity contribution in [1.82, 2.24) is 20.0 Å². The van der Waals surface area contributed by atoms with Gasteiger partial charge in [-0.05, 0) is 70.1 Å². The van der Waals surface area contributed by atoms with Crippen LogP contribution in [0.4, 0.5) is 11.6 Å². The first-order valence-electron chi connectivity index (χ1n) is 10.1. The molecule has 1 saturated heterocycles. The van der Waals surface area contributed by atoms with E-state index in [0.29, 0.717) is 6.04 Å². The van der Waals surface area contributed by atoms with Crippen LogP contribution in [0.1, 0.15) is 56.8 Å². The molecule has 1 aliphatic carbocycles. The molecule has 7 heteroatoms. The molecule has 4 rings (SSSR count). The number of aromatic nitrogens is 4. The molecule has 2 aliphatic rings. The normalized spacial score (nSPS) is 19.4. The topological polar surface area (TPSA) is 75.9 Å². The van der Waals surface area contributed by atoms with E-state index in [-0.39, 0.29) is 11.6 Å². The molecule has 1 unspecified atom stereocenters. The van der Waals surface area contributed by atoms with E-state index in [1.54, 1.807) is 10.7 Å². The van der Waals surface area contributed by atoms with Crippen LogP contribution in [0.15, 0.2) is 23.0 Å². The van der Waals surface area contributed by atoms with Gasteiger partial charge in [0.05, 0.1) is 11.7 Å². The van der Waals surface area contributed by atoms with Crippen LogP contribution in [-0.4, -0.2) is 39.1 Å². The van der Waals surface area contributed by atoms with Crippen molar-refractivity contribution >= 4 is 11.6 Å². The number of nitrogens with one attached hydrogen (secondary N) is 1. The zero-order valence-electron chi connectivity index (χ0n) is 16.2. The fourth-order valence-electron chi connectivity index (χ4n) is 4.09. The molecule has 27 heavy (non-hydrogen) atoms. The lowest BCUT2D eigenvalue weighted by Crippen LogP contribution is -2.45. The van der Waals surface area contributed by atoms with Crippen molar-refractivity contribution < 1.29 is 0 Å². The minimum absolute atomic E-state index is 0.0474. The molecule has 1 fully saturated rings. The second kappa shape index (κ2) is 7.66. The molecule has 3 heterocycles. The average molecular weight is 368 g/mol. The van der Waals surface area contributed by atoms with Gasteiger partial charge in [-0.2, -0.15) is 10.2 Å². The minimum Gasteiger partial charge on any atom is -0.367 e. The van der Waals surface area contributed by atoms with E-state index in [1.165, 1.54) is 18.4 Å². The Morgan fingerprint density at radius 2 is 2.07 bits per heavy atom. The summed E-state index contributed by atoms with van der Waals surface area (Å²) in [5.74, 6) is 1.75. The molecular formula is C20H28N6O. The van der Waals surface area contributed by atoms with E-state index < -0.39 is 0 Å². The van der Waals surface area contributed by atoms with Crippen LogP contribution in [0.25, 0.3) is 0 Å². The lowest BCUT2D eigenvalue weighted by Gasteiger charge is -2.37. The zero-order chi connectivity index (χ0) is 18.8. The molecule has 0 saturated carbocycles. The Morgan fingerprint density at radius 3 is 2.93 bits per heavy atom. The third-order valence-corrected chi connectivity index (χ3v) is 5.56. The first-order valence-corrected chi connectivity index (χ1v) is 10.1. The van der Waals surface area contributed by atoms with Gasteiger partial charge in [0.1, 0.15) is 11.6 Å². The van der Waals surface area contributed by atoms with E-state index in [2.05, 4.69) is 31.6 Å². The largest absolute Gasteiger partial charge is 0.367 e. The summed E-state index contributed by atoms with van der Waals surface area (Å²) in [4.78, 5) is 14.4. The summed E-state index contributed by atoms with van der Waals surface area (Å²) < 4.78 is 1.57. The van der Waals surface area contributed by atoms with Crippen LogP contribution >= 0.6 is 0 Å². The number of nitrogens with zero attached hydrogens (tertiary/aromatic N) is 5. The zero-order valence-corrected chi connectivity index (χ0v) is 16.2. The number of aryl methyl sites for hydroxylation is 2. The monoisotopic (exact) mass is 368 g/mol. The van der Waals surface area contributed by atoms with E-state index in [4.69, 9.17) is 0 Å². The average Bonchev–Trinajstić information content (AvgIpc) is 3.14. The summed E-state index contributed by atoms with van der Waals surface area (Å²) >= 11 is 0. The Bertz CT molecular complexity index is 862. The van der Waals surface area contributed by atoms with Crippen molar-refractivity contribution in [3.05, 3.63) is 39.8 Å². The summed E-state index contributed by atoms with van der Waals surface area (Å²) in [6.07, 6.45) is 6.81. The second-order valence-electron chi connectivity index (χ2n) is 7.85. The van der Waals surface area contributed by atoms with Crippen molar-refractivity contribution in [2.75, 3.05) is 23.3 Å². The molecule has 1 atom stereocenters. The molecule has 144 valence electrons. The van der Waals surface area contributed by atoms with Crippen molar-refractivity contribution in [2.45, 2.75) is 64.5 Å². The van der Waals surface area contributed by atoms with Crippen LogP contribution in [0.5, 0.6) is 0 Å². The Labute approximate surface area is 159 Å². The lowest BCUT2D eigenvalue weighted by atomic mass is 10.0. The third-order valence-electron chi connectivity index (χ3n) is 5.56. The van der Waals surface area contributed by atoms with Gasteiger partial charge in [0.2, 0.25) is 0 Å². The smallest absolute Gasteiger partial charge is 0.267 e. The molecule has 0 bridgehead atoms. The van der Waals surface area contributed by atoms with Crippen LogP contribution in [0.3, 0.4) is 0 Å². The maximum absolute atomic E-state index is 12.0. The summed E-state index contributed by atoms with van der Waals surface area (Å²) in [6, 6.07) is 6.03. The molecule has 2 aromatic rings. The summed E-state index contributed by atoms with van der Waals surface area (Å²) in [5.41, 5.74) is 2.44. The highest BCUT2D eigenvalue weighted by Crippen LogP contribution is 2.24. The Hall–Kier alpha value is -2.44. The number of piperidine rings is 1. The molecule has 0 radical (unpaired) electrons. The van der Waals surface area contributed by atoms with Gasteiger partial charge in [-0.15, -0.1) is 5.10 Å². The van der Waals surface area contributed by atoms with Gasteiger partial charge in [-0.1, -0.05) is 0 Å². The standard InChI is InChI=1S/C20H28N6O/c1-14(2)26-20(27)10-9-19(24-26)25-11-4-3-7-16(25)13-21-18-12-15-6-5-8-17(15)22-23-18/h9-10,12,14,16H,3-8,11,13H2,1-2H3,(H,21,23). The molecule has 1 aliphatic heterocycles. The van der Waals surface area contributed by atoms with Crippen molar-refractivity contribution in [1.29, 1.82) is 0 Å². The van der Waals surface area contributed by atoms with Gasteiger partial charge in [0.25, 0.3) is 5.56 Å². The number of rotatable bonds is 5. The highest BCUT2D eigenvalue weighted by atomic mass is 16.1. The quantitative estimate of drug-likeness (QED) is 0.874. The molecule has 1 N–H and O–H groups in total. The second-order valence-corrected chi connectivity index (χ2v) is 7.85. The lowest BCUT2D eigenvalue weighted by molar-refractivity contribution is 0.451. The molecule has 0 aromatic carbocycles. The van der Waals surface area contributed by atoms with E-state index in [1.807, 2.05) is 19.9 Å². The van der Waals surface area contributed by atoms with Gasteiger partial charge < -0.3 is 10.2 Å². The highest BCUT2D eigenvalue weighted by Gasteiger charge is 2.24. The van der Waals surface area contributed by atoms with E-state index >= 15 is 0 Å². The highest BCUT2D eigenvalue weighted by molar-refractivity contribution is 5.43. The molecule has 0 spiro atoms. The van der Waals surface area contributed by atoms with Gasteiger partial charge in [-0.25, -0.2) is 4.68 Å². The van der Waals surface area contributed by atoms with E-state index in [0.717, 1.165) is 56.1 Å². The minimum atomic E-state index is -0.0474. The van der Waals surface area contributed by atoms with Crippen LogP contribution in [-0.2, 0) is 12.8 Å². The van der Waals surface area contributed by atoms with Crippen molar-refractivity contribution in [2.24, 2.45) is 0 Å². The molecule has 7 nitrogen and oxygen atoms in total. The molecular weight excluding hydrogens is 340 g/mol. The van der Waals surface area contributed by atoms with Gasteiger partial charge in [0.15, 0.2) is 0 Å². The number of hydrogen-bond acceptors (Lipinski definition) is 6. The maximum atomic E-state index is 12.0. The molecule has 2 aromatic heterocycles. The van der Waals surface area contributed by atoms with Crippen LogP contribution < -0.4 is 15.8 Å². The van der Waals surface area contributed by atoms with Crippen LogP contribution in [0.2, 0.25) is 0 Å². The Morgan fingerprint density at radius 1 is 1.19 bits per heavy atom. The maximum Gasteiger partial charge on any atom is 0.267 e.